The highest BCUT2D eigenvalue weighted by Gasteiger charge is 2.08. The Kier molecular flexibility index (Phi) is 8.79. The molecule has 0 N–H and O–H groups in total. The van der Waals surface area contributed by atoms with Crippen molar-refractivity contribution >= 4 is 11.9 Å². The van der Waals surface area contributed by atoms with Crippen molar-refractivity contribution < 1.29 is 23.8 Å². The number of carbonyl (C=O) groups is 2. The van der Waals surface area contributed by atoms with Gasteiger partial charge in [0, 0.05) is 6.08 Å². The highest BCUT2D eigenvalue weighted by Crippen LogP contribution is 2.17. The molecule has 0 saturated heterocycles. The van der Waals surface area contributed by atoms with E-state index < -0.39 is 5.97 Å². The van der Waals surface area contributed by atoms with Crippen LogP contribution in [0.2, 0.25) is 0 Å². The maximum absolute atomic E-state index is 12.2. The first-order valence-corrected chi connectivity index (χ1v) is 9.36. The quantitative estimate of drug-likeness (QED) is 0.243. The lowest BCUT2D eigenvalue weighted by Crippen LogP contribution is -2.08. The van der Waals surface area contributed by atoms with E-state index >= 15 is 0 Å². The monoisotopic (exact) mass is 382 g/mol. The first kappa shape index (κ1) is 21.2. The van der Waals surface area contributed by atoms with Gasteiger partial charge in [-0.2, -0.15) is 0 Å². The van der Waals surface area contributed by atoms with Gasteiger partial charge in [-0.25, -0.2) is 9.59 Å². The van der Waals surface area contributed by atoms with Crippen LogP contribution in [0.15, 0.2) is 61.2 Å². The summed E-state index contributed by atoms with van der Waals surface area (Å²) in [4.78, 5) is 23.1. The summed E-state index contributed by atoms with van der Waals surface area (Å²) in [7, 11) is 1.58. The van der Waals surface area contributed by atoms with Crippen molar-refractivity contribution in [1.29, 1.82) is 0 Å². The first-order chi connectivity index (χ1) is 13.6. The molecule has 0 aliphatic rings. The van der Waals surface area contributed by atoms with Gasteiger partial charge in [0.15, 0.2) is 0 Å². The smallest absolute Gasteiger partial charge is 0.343 e. The Hall–Kier alpha value is -3.08. The van der Waals surface area contributed by atoms with Crippen molar-refractivity contribution in [3.8, 4) is 11.5 Å². The van der Waals surface area contributed by atoms with Gasteiger partial charge in [-0.1, -0.05) is 31.6 Å². The zero-order valence-electron chi connectivity index (χ0n) is 16.2. The maximum atomic E-state index is 12.2. The molecule has 148 valence electrons. The fourth-order valence-electron chi connectivity index (χ4n) is 2.63. The number of hydrogen-bond donors (Lipinski definition) is 0. The number of hydrogen-bond acceptors (Lipinski definition) is 5. The Morgan fingerprint density at radius 3 is 2.18 bits per heavy atom. The Balaban J connectivity index is 1.68. The average molecular weight is 382 g/mol. The van der Waals surface area contributed by atoms with Gasteiger partial charge in [-0.3, -0.25) is 0 Å². The molecule has 0 fully saturated rings. The van der Waals surface area contributed by atoms with Gasteiger partial charge in [0.2, 0.25) is 0 Å². The molecule has 0 saturated carbocycles. The third-order valence-corrected chi connectivity index (χ3v) is 4.23. The summed E-state index contributed by atoms with van der Waals surface area (Å²) in [6, 6.07) is 14.4. The van der Waals surface area contributed by atoms with E-state index in [0.29, 0.717) is 23.7 Å². The van der Waals surface area contributed by atoms with Crippen LogP contribution in [0.3, 0.4) is 0 Å². The highest BCUT2D eigenvalue weighted by molar-refractivity contribution is 5.91. The van der Waals surface area contributed by atoms with Crippen molar-refractivity contribution in [2.45, 2.75) is 32.1 Å². The summed E-state index contributed by atoms with van der Waals surface area (Å²) < 4.78 is 15.4. The number of ether oxygens (including phenoxy) is 3. The first-order valence-electron chi connectivity index (χ1n) is 9.36. The summed E-state index contributed by atoms with van der Waals surface area (Å²) in [6.45, 7) is 3.80. The largest absolute Gasteiger partial charge is 0.497 e. The van der Waals surface area contributed by atoms with Gasteiger partial charge >= 0.3 is 11.9 Å². The van der Waals surface area contributed by atoms with E-state index in [1.807, 2.05) is 24.3 Å². The molecule has 0 atom stereocenters. The summed E-state index contributed by atoms with van der Waals surface area (Å²) in [5, 5.41) is 0. The number of methoxy groups -OCH3 is 1. The van der Waals surface area contributed by atoms with E-state index in [4.69, 9.17) is 14.2 Å². The van der Waals surface area contributed by atoms with Crippen molar-refractivity contribution in [3.05, 3.63) is 72.3 Å². The third-order valence-electron chi connectivity index (χ3n) is 4.23. The zero-order valence-corrected chi connectivity index (χ0v) is 16.2. The molecule has 0 aliphatic carbocycles. The minimum atomic E-state index is -0.396. The van der Waals surface area contributed by atoms with Crippen LogP contribution in [-0.4, -0.2) is 25.7 Å². The molecule has 0 amide bonds. The second kappa shape index (κ2) is 11.6. The number of benzene rings is 2. The molecule has 5 heteroatoms. The van der Waals surface area contributed by atoms with Crippen molar-refractivity contribution in [3.63, 3.8) is 0 Å². The third kappa shape index (κ3) is 7.27. The number of unbranched alkanes of at least 4 members (excludes halogenated alkanes) is 3. The molecule has 0 aromatic heterocycles. The summed E-state index contributed by atoms with van der Waals surface area (Å²) >= 11 is 0. The molecule has 0 spiro atoms. The van der Waals surface area contributed by atoms with Crippen LogP contribution in [-0.2, 0) is 16.0 Å². The second-order valence-electron chi connectivity index (χ2n) is 6.30. The normalized spacial score (nSPS) is 10.2. The number of rotatable bonds is 11. The molecular weight excluding hydrogens is 356 g/mol. The molecule has 0 heterocycles. The molecule has 2 rings (SSSR count). The Morgan fingerprint density at radius 2 is 1.54 bits per heavy atom. The number of aryl methyl sites for hydroxylation is 1. The van der Waals surface area contributed by atoms with E-state index in [1.54, 1.807) is 31.4 Å². The fraction of sp³-hybridized carbons (Fsp3) is 0.304. The summed E-state index contributed by atoms with van der Waals surface area (Å²) in [5.74, 6) is 0.452. The predicted molar refractivity (Wildman–Crippen MR) is 108 cm³/mol. The zero-order chi connectivity index (χ0) is 20.2. The van der Waals surface area contributed by atoms with Gasteiger partial charge in [0.05, 0.1) is 19.3 Å². The lowest BCUT2D eigenvalue weighted by atomic mass is 10.1. The van der Waals surface area contributed by atoms with Crippen LogP contribution in [0.5, 0.6) is 11.5 Å². The van der Waals surface area contributed by atoms with Crippen molar-refractivity contribution in [2.24, 2.45) is 0 Å². The Bertz CT molecular complexity index is 763. The molecule has 5 nitrogen and oxygen atoms in total. The molecule has 0 radical (unpaired) electrons. The van der Waals surface area contributed by atoms with Gasteiger partial charge in [-0.15, -0.1) is 0 Å². The molecule has 2 aromatic carbocycles. The summed E-state index contributed by atoms with van der Waals surface area (Å²) in [6.07, 6.45) is 6.14. The van der Waals surface area contributed by atoms with Gasteiger partial charge in [-0.05, 0) is 61.2 Å². The minimum absolute atomic E-state index is 0.368. The summed E-state index contributed by atoms with van der Waals surface area (Å²) in [5.41, 5.74) is 1.67. The Morgan fingerprint density at radius 1 is 0.893 bits per heavy atom. The molecule has 2 aromatic rings. The molecule has 0 bridgehead atoms. The number of esters is 2. The fourth-order valence-corrected chi connectivity index (χ4v) is 2.63. The highest BCUT2D eigenvalue weighted by atomic mass is 16.5. The van der Waals surface area contributed by atoms with Crippen LogP contribution >= 0.6 is 0 Å². The van der Waals surface area contributed by atoms with Crippen LogP contribution in [0, 0.1) is 0 Å². The van der Waals surface area contributed by atoms with Crippen molar-refractivity contribution in [2.75, 3.05) is 13.7 Å². The van der Waals surface area contributed by atoms with E-state index in [1.165, 1.54) is 11.6 Å². The average Bonchev–Trinajstić information content (AvgIpc) is 2.74. The van der Waals surface area contributed by atoms with Crippen LogP contribution in [0.1, 0.15) is 41.6 Å². The molecule has 0 unspecified atom stereocenters. The lowest BCUT2D eigenvalue weighted by Gasteiger charge is -2.07. The maximum Gasteiger partial charge on any atom is 0.343 e. The second-order valence-corrected chi connectivity index (χ2v) is 6.30. The molecule has 28 heavy (non-hydrogen) atoms. The van der Waals surface area contributed by atoms with E-state index in [2.05, 4.69) is 6.58 Å². The van der Waals surface area contributed by atoms with Crippen LogP contribution in [0.4, 0.5) is 0 Å². The lowest BCUT2D eigenvalue weighted by molar-refractivity contribution is -0.137. The SMILES string of the molecule is C=CC(=O)OCCCCCCc1ccc(OC(=O)c2ccc(OC)cc2)cc1. The van der Waals surface area contributed by atoms with Crippen LogP contribution in [0.25, 0.3) is 0 Å². The van der Waals surface area contributed by atoms with E-state index in [-0.39, 0.29) is 5.97 Å². The van der Waals surface area contributed by atoms with E-state index in [0.717, 1.165) is 32.1 Å². The van der Waals surface area contributed by atoms with Gasteiger partial charge in [0.1, 0.15) is 11.5 Å². The Labute approximate surface area is 165 Å². The molecule has 0 aliphatic heterocycles. The molecular formula is C23H26O5. The van der Waals surface area contributed by atoms with Crippen molar-refractivity contribution in [1.82, 2.24) is 0 Å². The van der Waals surface area contributed by atoms with Gasteiger partial charge in [0.25, 0.3) is 0 Å². The standard InChI is InChI=1S/C23H26O5/c1-3-22(24)27-17-7-5-4-6-8-18-9-13-21(14-10-18)28-23(25)19-11-15-20(26-2)16-12-19/h3,9-16H,1,4-8,17H2,2H3. The van der Waals surface area contributed by atoms with Gasteiger partial charge < -0.3 is 14.2 Å². The number of carbonyl (C=O) groups excluding carboxylic acids is 2. The topological polar surface area (TPSA) is 61.8 Å². The predicted octanol–water partition coefficient (Wildman–Crippen LogP) is 4.75. The van der Waals surface area contributed by atoms with Crippen LogP contribution < -0.4 is 9.47 Å². The minimum Gasteiger partial charge on any atom is -0.497 e. The van der Waals surface area contributed by atoms with E-state index in [9.17, 15) is 9.59 Å².